The van der Waals surface area contributed by atoms with Crippen molar-refractivity contribution in [2.24, 2.45) is 0 Å². The molecule has 0 atom stereocenters. The van der Waals surface area contributed by atoms with Gasteiger partial charge < -0.3 is 4.57 Å². The van der Waals surface area contributed by atoms with Crippen molar-refractivity contribution in [1.29, 1.82) is 0 Å². The van der Waals surface area contributed by atoms with Gasteiger partial charge in [-0.05, 0) is 86.0 Å². The smallest absolute Gasteiger partial charge is 0.0547 e. The third-order valence-corrected chi connectivity index (χ3v) is 9.00. The van der Waals surface area contributed by atoms with Crippen LogP contribution < -0.4 is 0 Å². The minimum Gasteiger partial charge on any atom is -0.309 e. The van der Waals surface area contributed by atoms with E-state index in [0.29, 0.717) is 0 Å². The lowest BCUT2D eigenvalue weighted by molar-refractivity contribution is 1.17. The van der Waals surface area contributed by atoms with Gasteiger partial charge >= 0.3 is 0 Å². The summed E-state index contributed by atoms with van der Waals surface area (Å²) in [5, 5.41) is 5.18. The maximum atomic E-state index is 2.48. The lowest BCUT2D eigenvalue weighted by atomic mass is 9.97. The van der Waals surface area contributed by atoms with Crippen molar-refractivity contribution in [3.63, 3.8) is 0 Å². The average molecular weight is 534 g/mol. The second-order valence-corrected chi connectivity index (χ2v) is 11.4. The summed E-state index contributed by atoms with van der Waals surface area (Å²) >= 11 is 0. The van der Waals surface area contributed by atoms with Crippen molar-refractivity contribution in [3.8, 4) is 39.1 Å². The number of aromatic nitrogens is 1. The molecular weight excluding hydrogens is 506 g/mol. The van der Waals surface area contributed by atoms with Crippen molar-refractivity contribution >= 4 is 32.6 Å². The van der Waals surface area contributed by atoms with E-state index in [1.54, 1.807) is 0 Å². The Bertz CT molecular complexity index is 2210. The van der Waals surface area contributed by atoms with E-state index >= 15 is 0 Å². The highest BCUT2D eigenvalue weighted by atomic mass is 15.0. The molecule has 0 fully saturated rings. The average Bonchev–Trinajstić information content (AvgIpc) is 3.60. The number of rotatable bonds is 3. The van der Waals surface area contributed by atoms with Gasteiger partial charge in [-0.3, -0.25) is 0 Å². The van der Waals surface area contributed by atoms with Crippen molar-refractivity contribution in [2.75, 3.05) is 0 Å². The first kappa shape index (κ1) is 23.3. The van der Waals surface area contributed by atoms with Crippen molar-refractivity contribution in [2.45, 2.75) is 6.42 Å². The standard InChI is InChI=1S/C41H27N/c1-3-9-27(10-4-1)30-18-21-36-37-22-19-31(28-11-5-2-6-12-28)25-40(37)42(39(36)24-30)34-20-17-32-23-33-16-15-29-13-7-8-14-35(29)41(33)38(32)26-34/h1-22,24-26H,23H2. The van der Waals surface area contributed by atoms with Crippen LogP contribution >= 0.6 is 0 Å². The summed E-state index contributed by atoms with van der Waals surface area (Å²) in [5.74, 6) is 0. The second kappa shape index (κ2) is 9.06. The third kappa shape index (κ3) is 3.50. The van der Waals surface area contributed by atoms with E-state index in [9.17, 15) is 0 Å². The number of hydrogen-bond donors (Lipinski definition) is 0. The normalized spacial score (nSPS) is 12.2. The number of nitrogens with zero attached hydrogens (tertiary/aromatic N) is 1. The van der Waals surface area contributed by atoms with Crippen LogP contribution in [0.4, 0.5) is 0 Å². The van der Waals surface area contributed by atoms with Crippen LogP contribution in [0.5, 0.6) is 0 Å². The van der Waals surface area contributed by atoms with Crippen LogP contribution in [0.25, 0.3) is 71.6 Å². The largest absolute Gasteiger partial charge is 0.309 e. The second-order valence-electron chi connectivity index (χ2n) is 11.4. The van der Waals surface area contributed by atoms with E-state index < -0.39 is 0 Å². The van der Waals surface area contributed by atoms with Crippen LogP contribution in [0.2, 0.25) is 0 Å². The zero-order valence-electron chi connectivity index (χ0n) is 23.1. The lowest BCUT2D eigenvalue weighted by Gasteiger charge is -2.13. The van der Waals surface area contributed by atoms with E-state index in [1.165, 1.54) is 82.8 Å². The van der Waals surface area contributed by atoms with Gasteiger partial charge in [0.05, 0.1) is 11.0 Å². The monoisotopic (exact) mass is 533 g/mol. The molecule has 0 N–H and O–H groups in total. The molecule has 1 heterocycles. The van der Waals surface area contributed by atoms with Gasteiger partial charge in [-0.1, -0.05) is 127 Å². The summed E-state index contributed by atoms with van der Waals surface area (Å²) in [7, 11) is 0. The molecule has 1 nitrogen and oxygen atoms in total. The molecule has 0 aliphatic heterocycles. The molecule has 1 heteroatoms. The molecule has 42 heavy (non-hydrogen) atoms. The molecule has 0 radical (unpaired) electrons. The third-order valence-electron chi connectivity index (χ3n) is 9.00. The topological polar surface area (TPSA) is 4.93 Å². The maximum Gasteiger partial charge on any atom is 0.0547 e. The first-order valence-corrected chi connectivity index (χ1v) is 14.7. The highest BCUT2D eigenvalue weighted by Gasteiger charge is 2.22. The van der Waals surface area contributed by atoms with Gasteiger partial charge in [0.15, 0.2) is 0 Å². The van der Waals surface area contributed by atoms with E-state index in [1.807, 2.05) is 0 Å². The summed E-state index contributed by atoms with van der Waals surface area (Å²) in [4.78, 5) is 0. The SMILES string of the molecule is c1ccc(-c2ccc3c4ccc(-c5ccccc5)cc4n(-c4ccc5c(c4)-c4c(ccc6ccccc46)C5)c3c2)cc1. The van der Waals surface area contributed by atoms with Gasteiger partial charge in [-0.2, -0.15) is 0 Å². The van der Waals surface area contributed by atoms with Gasteiger partial charge in [0.2, 0.25) is 0 Å². The van der Waals surface area contributed by atoms with Crippen LogP contribution in [0, 0.1) is 0 Å². The van der Waals surface area contributed by atoms with E-state index in [4.69, 9.17) is 0 Å². The Morgan fingerprint density at radius 2 is 1.00 bits per heavy atom. The molecule has 0 spiro atoms. The van der Waals surface area contributed by atoms with Gasteiger partial charge in [0.1, 0.15) is 0 Å². The van der Waals surface area contributed by atoms with Crippen LogP contribution in [0.1, 0.15) is 11.1 Å². The van der Waals surface area contributed by atoms with Crippen molar-refractivity contribution in [3.05, 3.63) is 163 Å². The fraction of sp³-hybridized carbons (Fsp3) is 0.0244. The zero-order chi connectivity index (χ0) is 27.6. The van der Waals surface area contributed by atoms with E-state index in [-0.39, 0.29) is 0 Å². The number of benzene rings is 7. The fourth-order valence-corrected chi connectivity index (χ4v) is 6.99. The van der Waals surface area contributed by atoms with Gasteiger partial charge in [0, 0.05) is 16.5 Å². The molecule has 0 unspecified atom stereocenters. The minimum atomic E-state index is 0.985. The molecule has 9 rings (SSSR count). The van der Waals surface area contributed by atoms with Crippen LogP contribution in [-0.4, -0.2) is 4.57 Å². The predicted molar refractivity (Wildman–Crippen MR) is 177 cm³/mol. The molecule has 1 aromatic heterocycles. The molecule has 0 saturated carbocycles. The molecule has 0 amide bonds. The summed E-state index contributed by atoms with van der Waals surface area (Å²) < 4.78 is 2.48. The molecule has 0 bridgehead atoms. The van der Waals surface area contributed by atoms with Gasteiger partial charge in [-0.15, -0.1) is 0 Å². The number of hydrogen-bond acceptors (Lipinski definition) is 0. The highest BCUT2D eigenvalue weighted by Crippen LogP contribution is 2.44. The Hall–Kier alpha value is -5.40. The molecule has 8 aromatic rings. The molecular formula is C41H27N. The molecule has 1 aliphatic rings. The Morgan fingerprint density at radius 1 is 0.405 bits per heavy atom. The summed E-state index contributed by atoms with van der Waals surface area (Å²) in [6, 6.07) is 55.7. The number of fused-ring (bicyclic) bond motifs is 8. The van der Waals surface area contributed by atoms with E-state index in [2.05, 4.69) is 156 Å². The van der Waals surface area contributed by atoms with Crippen molar-refractivity contribution in [1.82, 2.24) is 4.57 Å². The summed E-state index contributed by atoms with van der Waals surface area (Å²) in [6.07, 6.45) is 0.985. The lowest BCUT2D eigenvalue weighted by Crippen LogP contribution is -1.96. The summed E-state index contributed by atoms with van der Waals surface area (Å²) in [5.41, 5.74) is 14.1. The fourth-order valence-electron chi connectivity index (χ4n) is 6.99. The first-order valence-electron chi connectivity index (χ1n) is 14.7. The van der Waals surface area contributed by atoms with Gasteiger partial charge in [-0.25, -0.2) is 0 Å². The quantitative estimate of drug-likeness (QED) is 0.213. The predicted octanol–water partition coefficient (Wildman–Crippen LogP) is 10.8. The first-order chi connectivity index (χ1) is 20.8. The minimum absolute atomic E-state index is 0.985. The van der Waals surface area contributed by atoms with Crippen LogP contribution in [0.3, 0.4) is 0 Å². The zero-order valence-corrected chi connectivity index (χ0v) is 23.1. The van der Waals surface area contributed by atoms with Crippen LogP contribution in [-0.2, 0) is 6.42 Å². The Labute approximate surface area is 244 Å². The summed E-state index contributed by atoms with van der Waals surface area (Å²) in [6.45, 7) is 0. The molecule has 196 valence electrons. The Morgan fingerprint density at radius 3 is 1.67 bits per heavy atom. The molecule has 0 saturated heterocycles. The Balaban J connectivity index is 1.34. The maximum absolute atomic E-state index is 2.48. The molecule has 1 aliphatic carbocycles. The Kier molecular flexibility index (Phi) is 5.03. The van der Waals surface area contributed by atoms with Crippen LogP contribution in [0.15, 0.2) is 152 Å². The van der Waals surface area contributed by atoms with E-state index in [0.717, 1.165) is 6.42 Å². The van der Waals surface area contributed by atoms with Crippen molar-refractivity contribution < 1.29 is 0 Å². The van der Waals surface area contributed by atoms with Gasteiger partial charge in [0.25, 0.3) is 0 Å². The highest BCUT2D eigenvalue weighted by molar-refractivity contribution is 6.11. The molecule has 7 aromatic carbocycles.